The van der Waals surface area contributed by atoms with Crippen molar-refractivity contribution >= 4 is 17.5 Å². The number of nitrogens with one attached hydrogen (secondary N) is 2. The molecular weight excluding hydrogens is 540 g/mol. The van der Waals surface area contributed by atoms with E-state index in [0.717, 1.165) is 44.1 Å². The Morgan fingerprint density at radius 1 is 1.07 bits per heavy atom. The van der Waals surface area contributed by atoms with Gasteiger partial charge in [-0.2, -0.15) is 10.4 Å². The van der Waals surface area contributed by atoms with E-state index < -0.39 is 27.3 Å². The van der Waals surface area contributed by atoms with E-state index in [1.54, 1.807) is 18.3 Å². The molecule has 3 N–H and O–H groups in total. The van der Waals surface area contributed by atoms with Gasteiger partial charge in [-0.15, -0.1) is 0 Å². The predicted molar refractivity (Wildman–Crippen MR) is 161 cm³/mol. The minimum Gasteiger partial charge on any atom is -0.381 e. The van der Waals surface area contributed by atoms with E-state index in [-0.39, 0.29) is 45.7 Å². The lowest BCUT2D eigenvalue weighted by Gasteiger charge is -2.71. The molecular formula is C35H46N4O4. The lowest BCUT2D eigenvalue weighted by atomic mass is 9.33. The van der Waals surface area contributed by atoms with Gasteiger partial charge in [0.05, 0.1) is 5.57 Å². The summed E-state index contributed by atoms with van der Waals surface area (Å²) in [7, 11) is 0. The van der Waals surface area contributed by atoms with Crippen molar-refractivity contribution in [3.05, 3.63) is 41.3 Å². The van der Waals surface area contributed by atoms with Crippen LogP contribution in [0.4, 0.5) is 0 Å². The number of nitriles is 1. The van der Waals surface area contributed by atoms with Crippen molar-refractivity contribution in [1.82, 2.24) is 15.5 Å². The van der Waals surface area contributed by atoms with E-state index >= 15 is 0 Å². The number of aromatic amines is 1. The summed E-state index contributed by atoms with van der Waals surface area (Å²) in [6, 6.07) is 3.80. The number of aliphatic hydroxyl groups is 1. The Kier molecular flexibility index (Phi) is 6.28. The summed E-state index contributed by atoms with van der Waals surface area (Å²) in [4.78, 5) is 40.7. The standard InChI is InChI=1S/C35H46N4O4/c1-29(2)23-8-10-33(6)24(32(23,5)17-21(19-36)27(29)41)16-26(40)35(43)25-18-30(3,20-37-28(42)22-9-15-38-39-22)11-12-31(25,4)13-14-34(33,35)7/h9,15-17,23,25,43H,8,10-14,18,20H2,1-7H3,(H,37,42)(H,38,39)/t23-,25+,30-,31+,32-,33+,34-,35+/m0/s1. The summed E-state index contributed by atoms with van der Waals surface area (Å²) in [6.45, 7) is 15.2. The zero-order chi connectivity index (χ0) is 31.4. The molecule has 8 nitrogen and oxygen atoms in total. The van der Waals surface area contributed by atoms with Crippen LogP contribution in [0.15, 0.2) is 35.6 Å². The molecule has 230 valence electrons. The van der Waals surface area contributed by atoms with E-state index in [1.165, 1.54) is 0 Å². The molecule has 0 aliphatic heterocycles. The molecule has 0 unspecified atom stereocenters. The molecule has 3 saturated carbocycles. The van der Waals surface area contributed by atoms with Gasteiger partial charge in [-0.25, -0.2) is 0 Å². The minimum atomic E-state index is -1.57. The lowest BCUT2D eigenvalue weighted by molar-refractivity contribution is -0.243. The molecule has 1 aromatic rings. The average Bonchev–Trinajstić information content (AvgIpc) is 3.50. The van der Waals surface area contributed by atoms with Crippen LogP contribution in [0.5, 0.6) is 0 Å². The molecule has 43 heavy (non-hydrogen) atoms. The quantitative estimate of drug-likeness (QED) is 0.430. The van der Waals surface area contributed by atoms with Gasteiger partial charge in [0.1, 0.15) is 17.4 Å². The van der Waals surface area contributed by atoms with E-state index in [9.17, 15) is 24.8 Å². The molecule has 0 spiro atoms. The topological polar surface area (TPSA) is 136 Å². The SMILES string of the molecule is CC1(C)C(=O)C(C#N)=C[C@]2(C)C3=CC(=O)[C@]4(O)[C@@H]5C[C@@](C)(CNC(=O)c6ccn[nH]6)CC[C@]5(C)CC[C@@]4(C)[C@]3(C)CC[C@@H]12. The fraction of sp³-hybridized carbons (Fsp3) is 0.686. The highest BCUT2D eigenvalue weighted by atomic mass is 16.3. The highest BCUT2D eigenvalue weighted by molar-refractivity contribution is 6.05. The van der Waals surface area contributed by atoms with E-state index in [2.05, 4.69) is 56.2 Å². The van der Waals surface area contributed by atoms with Crippen LogP contribution < -0.4 is 5.32 Å². The monoisotopic (exact) mass is 586 g/mol. The number of allylic oxidation sites excluding steroid dienone is 3. The lowest BCUT2D eigenvalue weighted by Crippen LogP contribution is -2.74. The van der Waals surface area contributed by atoms with Crippen molar-refractivity contribution in [2.75, 3.05) is 6.54 Å². The molecule has 8 heteroatoms. The summed E-state index contributed by atoms with van der Waals surface area (Å²) in [5.74, 6) is -0.897. The van der Waals surface area contributed by atoms with Crippen molar-refractivity contribution in [3.8, 4) is 6.07 Å². The Morgan fingerprint density at radius 2 is 1.77 bits per heavy atom. The fourth-order valence-electron chi connectivity index (χ4n) is 10.8. The first kappa shape index (κ1) is 30.0. The second-order valence-electron chi connectivity index (χ2n) is 16.3. The Morgan fingerprint density at radius 3 is 2.42 bits per heavy atom. The zero-order valence-electron chi connectivity index (χ0n) is 26.7. The van der Waals surface area contributed by atoms with Crippen molar-refractivity contribution in [1.29, 1.82) is 5.26 Å². The highest BCUT2D eigenvalue weighted by Crippen LogP contribution is 2.75. The van der Waals surface area contributed by atoms with Gasteiger partial charge < -0.3 is 10.4 Å². The number of amides is 1. The van der Waals surface area contributed by atoms with Crippen LogP contribution in [0.2, 0.25) is 0 Å². The molecule has 3 fully saturated rings. The molecule has 8 atom stereocenters. The maximum absolute atomic E-state index is 14.6. The first-order valence-electron chi connectivity index (χ1n) is 15.9. The normalized spacial score (nSPS) is 44.9. The van der Waals surface area contributed by atoms with Gasteiger partial charge in [-0.1, -0.05) is 54.5 Å². The summed E-state index contributed by atoms with van der Waals surface area (Å²) in [5, 5.41) is 32.6. The van der Waals surface area contributed by atoms with Gasteiger partial charge in [-0.3, -0.25) is 19.5 Å². The zero-order valence-corrected chi connectivity index (χ0v) is 26.7. The molecule has 6 rings (SSSR count). The smallest absolute Gasteiger partial charge is 0.269 e. The largest absolute Gasteiger partial charge is 0.381 e. The van der Waals surface area contributed by atoms with Crippen LogP contribution in [0.1, 0.15) is 104 Å². The third kappa shape index (κ3) is 3.70. The third-order valence-corrected chi connectivity index (χ3v) is 13.8. The number of H-pyrrole nitrogens is 1. The molecule has 0 aromatic carbocycles. The van der Waals surface area contributed by atoms with Crippen molar-refractivity contribution in [2.45, 2.75) is 99.0 Å². The number of aromatic nitrogens is 2. The molecule has 0 radical (unpaired) electrons. The van der Waals surface area contributed by atoms with Crippen molar-refractivity contribution in [3.63, 3.8) is 0 Å². The first-order chi connectivity index (χ1) is 19.9. The molecule has 1 heterocycles. The van der Waals surface area contributed by atoms with E-state index in [1.807, 2.05) is 19.9 Å². The summed E-state index contributed by atoms with van der Waals surface area (Å²) in [5.41, 5.74) is -3.13. The van der Waals surface area contributed by atoms with Crippen molar-refractivity contribution in [2.24, 2.45) is 44.3 Å². The van der Waals surface area contributed by atoms with Crippen LogP contribution in [0.3, 0.4) is 0 Å². The first-order valence-corrected chi connectivity index (χ1v) is 15.9. The van der Waals surface area contributed by atoms with Crippen LogP contribution in [0, 0.1) is 55.7 Å². The average molecular weight is 587 g/mol. The number of carbonyl (C=O) groups excluding carboxylic acids is 3. The number of Topliss-reactive ketones (excluding diaryl/α,β-unsaturated/α-hetero) is 1. The number of hydrogen-bond acceptors (Lipinski definition) is 6. The molecule has 1 amide bonds. The number of nitrogens with zero attached hydrogens (tertiary/aromatic N) is 2. The van der Waals surface area contributed by atoms with Crippen molar-refractivity contribution < 1.29 is 19.5 Å². The van der Waals surface area contributed by atoms with Gasteiger partial charge in [-0.05, 0) is 84.8 Å². The third-order valence-electron chi connectivity index (χ3n) is 13.8. The predicted octanol–water partition coefficient (Wildman–Crippen LogP) is 5.47. The Balaban J connectivity index is 1.41. The van der Waals surface area contributed by atoms with E-state index in [0.29, 0.717) is 18.7 Å². The van der Waals surface area contributed by atoms with Gasteiger partial charge in [0.15, 0.2) is 11.6 Å². The van der Waals surface area contributed by atoms with E-state index in [4.69, 9.17) is 0 Å². The van der Waals surface area contributed by atoms with Gasteiger partial charge >= 0.3 is 0 Å². The maximum Gasteiger partial charge on any atom is 0.269 e. The summed E-state index contributed by atoms with van der Waals surface area (Å²) < 4.78 is 0. The number of carbonyl (C=O) groups is 3. The Labute approximate surface area is 254 Å². The van der Waals surface area contributed by atoms with Gasteiger partial charge in [0.25, 0.3) is 5.91 Å². The number of hydrogen-bond donors (Lipinski definition) is 3. The molecule has 0 saturated heterocycles. The number of rotatable bonds is 3. The molecule has 1 aromatic heterocycles. The van der Waals surface area contributed by atoms with Crippen LogP contribution >= 0.6 is 0 Å². The second kappa shape index (κ2) is 9.00. The van der Waals surface area contributed by atoms with Crippen LogP contribution in [-0.4, -0.2) is 44.9 Å². The number of fused-ring (bicyclic) bond motifs is 7. The summed E-state index contributed by atoms with van der Waals surface area (Å²) in [6.07, 6.45) is 10.7. The number of ketones is 2. The van der Waals surface area contributed by atoms with Gasteiger partial charge in [0, 0.05) is 34.9 Å². The highest BCUT2D eigenvalue weighted by Gasteiger charge is 2.75. The van der Waals surface area contributed by atoms with Gasteiger partial charge in [0.2, 0.25) is 0 Å². The van der Waals surface area contributed by atoms with Crippen LogP contribution in [0.25, 0.3) is 0 Å². The fourth-order valence-corrected chi connectivity index (χ4v) is 10.8. The Bertz CT molecular complexity index is 1520. The minimum absolute atomic E-state index is 0.0446. The summed E-state index contributed by atoms with van der Waals surface area (Å²) >= 11 is 0. The van der Waals surface area contributed by atoms with Crippen LogP contribution in [-0.2, 0) is 9.59 Å². The molecule has 5 aliphatic rings. The second-order valence-corrected chi connectivity index (χ2v) is 16.3. The maximum atomic E-state index is 14.6. The Hall–Kier alpha value is -3.05. The molecule has 0 bridgehead atoms. The molecule has 5 aliphatic carbocycles.